The lowest BCUT2D eigenvalue weighted by Crippen LogP contribution is -2.44. The molecular weight excluding hydrogens is 475 g/mol. The van der Waals surface area contributed by atoms with Gasteiger partial charge in [-0.25, -0.2) is 4.79 Å². The van der Waals surface area contributed by atoms with Gasteiger partial charge >= 0.3 is 6.09 Å². The zero-order chi connectivity index (χ0) is 20.1. The summed E-state index contributed by atoms with van der Waals surface area (Å²) in [4.78, 5) is 18.0. The van der Waals surface area contributed by atoms with E-state index in [1.807, 2.05) is 27.7 Å². The van der Waals surface area contributed by atoms with Gasteiger partial charge in [-0.1, -0.05) is 0 Å². The Kier molecular flexibility index (Phi) is 14.6. The van der Waals surface area contributed by atoms with Crippen molar-refractivity contribution in [1.29, 1.82) is 0 Å². The standard InChI is InChI=1S/C19H38N4O4.HI/c1-6-23(18(24)27-19(2,3)4)11-10-22-17(20-5)21-9-7-12-25-14-16-8-13-26-15-16;/h16H,6-15H2,1-5H3,(H2,20,21,22);1H. The Morgan fingerprint density at radius 3 is 2.57 bits per heavy atom. The predicted molar refractivity (Wildman–Crippen MR) is 123 cm³/mol. The van der Waals surface area contributed by atoms with Gasteiger partial charge in [-0.2, -0.15) is 0 Å². The van der Waals surface area contributed by atoms with Gasteiger partial charge in [-0.05, 0) is 40.5 Å². The van der Waals surface area contributed by atoms with Crippen LogP contribution in [-0.2, 0) is 14.2 Å². The maximum atomic E-state index is 12.1. The molecule has 1 rings (SSSR count). The fourth-order valence-electron chi connectivity index (χ4n) is 2.58. The fourth-order valence-corrected chi connectivity index (χ4v) is 2.58. The number of ether oxygens (including phenoxy) is 3. The van der Waals surface area contributed by atoms with Gasteiger partial charge in [0.15, 0.2) is 5.96 Å². The highest BCUT2D eigenvalue weighted by molar-refractivity contribution is 14.0. The molecule has 28 heavy (non-hydrogen) atoms. The van der Waals surface area contributed by atoms with E-state index in [1.54, 1.807) is 11.9 Å². The maximum Gasteiger partial charge on any atom is 0.410 e. The van der Waals surface area contributed by atoms with Crippen LogP contribution in [0.4, 0.5) is 4.79 Å². The van der Waals surface area contributed by atoms with Gasteiger partial charge < -0.3 is 29.7 Å². The van der Waals surface area contributed by atoms with Crippen LogP contribution >= 0.6 is 24.0 Å². The number of nitrogens with one attached hydrogen (secondary N) is 2. The number of carbonyl (C=O) groups is 1. The largest absolute Gasteiger partial charge is 0.444 e. The highest BCUT2D eigenvalue weighted by atomic mass is 127. The Balaban J connectivity index is 0.00000729. The number of guanidine groups is 1. The maximum absolute atomic E-state index is 12.1. The molecule has 2 N–H and O–H groups in total. The molecule has 9 heteroatoms. The van der Waals surface area contributed by atoms with Crippen LogP contribution in [0.15, 0.2) is 4.99 Å². The quantitative estimate of drug-likeness (QED) is 0.202. The average Bonchev–Trinajstić information content (AvgIpc) is 3.11. The summed E-state index contributed by atoms with van der Waals surface area (Å²) in [5.74, 6) is 1.28. The first kappa shape index (κ1) is 27.2. The zero-order valence-electron chi connectivity index (χ0n) is 18.1. The minimum absolute atomic E-state index is 0. The molecule has 1 amide bonds. The molecule has 1 saturated heterocycles. The summed E-state index contributed by atoms with van der Waals surface area (Å²) in [7, 11) is 1.73. The van der Waals surface area contributed by atoms with Crippen molar-refractivity contribution in [2.24, 2.45) is 10.9 Å². The first-order chi connectivity index (χ1) is 12.9. The Morgan fingerprint density at radius 2 is 2.00 bits per heavy atom. The Hall–Kier alpha value is -0.810. The van der Waals surface area contributed by atoms with Crippen LogP contribution in [0.5, 0.6) is 0 Å². The second-order valence-corrected chi connectivity index (χ2v) is 7.64. The molecule has 0 aromatic heterocycles. The van der Waals surface area contributed by atoms with Crippen molar-refractivity contribution in [3.05, 3.63) is 0 Å². The number of likely N-dealkylation sites (N-methyl/N-ethyl adjacent to an activating group) is 1. The minimum Gasteiger partial charge on any atom is -0.444 e. The number of carbonyl (C=O) groups excluding carboxylic acids is 1. The van der Waals surface area contributed by atoms with Gasteiger partial charge in [-0.15, -0.1) is 24.0 Å². The van der Waals surface area contributed by atoms with Gasteiger partial charge in [0.2, 0.25) is 0 Å². The number of halogens is 1. The fraction of sp³-hybridized carbons (Fsp3) is 0.895. The monoisotopic (exact) mass is 514 g/mol. The van der Waals surface area contributed by atoms with E-state index >= 15 is 0 Å². The molecule has 0 aliphatic carbocycles. The molecule has 1 aliphatic rings. The average molecular weight is 514 g/mol. The van der Waals surface area contributed by atoms with Crippen molar-refractivity contribution >= 4 is 36.0 Å². The van der Waals surface area contributed by atoms with E-state index in [0.29, 0.717) is 25.6 Å². The Morgan fingerprint density at radius 1 is 1.29 bits per heavy atom. The van der Waals surface area contributed by atoms with Crippen molar-refractivity contribution in [3.8, 4) is 0 Å². The Labute approximate surface area is 187 Å². The van der Waals surface area contributed by atoms with Gasteiger partial charge in [0.1, 0.15) is 5.60 Å². The van der Waals surface area contributed by atoms with Crippen molar-refractivity contribution in [2.45, 2.75) is 46.1 Å². The van der Waals surface area contributed by atoms with Crippen LogP contribution in [0.25, 0.3) is 0 Å². The third kappa shape index (κ3) is 12.6. The molecule has 0 aromatic rings. The molecule has 1 fully saturated rings. The van der Waals surface area contributed by atoms with E-state index in [0.717, 1.165) is 51.8 Å². The number of amides is 1. The van der Waals surface area contributed by atoms with Gasteiger partial charge in [0.05, 0.1) is 13.2 Å². The lowest BCUT2D eigenvalue weighted by Gasteiger charge is -2.26. The molecule has 1 unspecified atom stereocenters. The van der Waals surface area contributed by atoms with Crippen LogP contribution in [-0.4, -0.2) is 82.2 Å². The molecule has 0 saturated carbocycles. The molecule has 0 spiro atoms. The lowest BCUT2D eigenvalue weighted by atomic mass is 10.1. The molecule has 166 valence electrons. The SMILES string of the molecule is CCN(CCNC(=NC)NCCCOCC1CCOC1)C(=O)OC(C)(C)C.I. The van der Waals surface area contributed by atoms with Gasteiger partial charge in [0.25, 0.3) is 0 Å². The summed E-state index contributed by atoms with van der Waals surface area (Å²) in [6.45, 7) is 13.3. The van der Waals surface area contributed by atoms with E-state index in [2.05, 4.69) is 15.6 Å². The third-order valence-corrected chi connectivity index (χ3v) is 4.07. The molecule has 1 heterocycles. The molecule has 0 radical (unpaired) electrons. The number of hydrogen-bond donors (Lipinski definition) is 2. The van der Waals surface area contributed by atoms with E-state index in [1.165, 1.54) is 0 Å². The molecule has 8 nitrogen and oxygen atoms in total. The van der Waals surface area contributed by atoms with Gasteiger partial charge in [-0.3, -0.25) is 4.99 Å². The molecular formula is C19H39IN4O4. The highest BCUT2D eigenvalue weighted by Crippen LogP contribution is 2.12. The van der Waals surface area contributed by atoms with E-state index < -0.39 is 5.60 Å². The Bertz CT molecular complexity index is 452. The minimum atomic E-state index is -0.484. The summed E-state index contributed by atoms with van der Waals surface area (Å²) in [6, 6.07) is 0. The first-order valence-corrected chi connectivity index (χ1v) is 9.93. The smallest absolute Gasteiger partial charge is 0.410 e. The summed E-state index contributed by atoms with van der Waals surface area (Å²) < 4.78 is 16.4. The van der Waals surface area contributed by atoms with Crippen molar-refractivity contribution < 1.29 is 19.0 Å². The molecule has 1 aliphatic heterocycles. The second-order valence-electron chi connectivity index (χ2n) is 7.64. The number of rotatable bonds is 10. The van der Waals surface area contributed by atoms with E-state index in [-0.39, 0.29) is 30.1 Å². The van der Waals surface area contributed by atoms with Crippen LogP contribution < -0.4 is 10.6 Å². The molecule has 0 bridgehead atoms. The number of aliphatic imine (C=N–C) groups is 1. The first-order valence-electron chi connectivity index (χ1n) is 9.93. The van der Waals surface area contributed by atoms with E-state index in [4.69, 9.17) is 14.2 Å². The topological polar surface area (TPSA) is 84.4 Å². The predicted octanol–water partition coefficient (Wildman–Crippen LogP) is 2.47. The number of nitrogens with zero attached hydrogens (tertiary/aromatic N) is 2. The van der Waals surface area contributed by atoms with Crippen LogP contribution in [0, 0.1) is 5.92 Å². The summed E-state index contributed by atoms with van der Waals surface area (Å²) in [6.07, 6.45) is 1.72. The van der Waals surface area contributed by atoms with Crippen molar-refractivity contribution in [2.75, 3.05) is 59.7 Å². The summed E-state index contributed by atoms with van der Waals surface area (Å²) in [5, 5.41) is 6.48. The normalized spacial score (nSPS) is 17.0. The van der Waals surface area contributed by atoms with E-state index in [9.17, 15) is 4.79 Å². The summed E-state index contributed by atoms with van der Waals surface area (Å²) >= 11 is 0. The van der Waals surface area contributed by atoms with Crippen LogP contribution in [0.1, 0.15) is 40.5 Å². The number of hydrogen-bond acceptors (Lipinski definition) is 5. The highest BCUT2D eigenvalue weighted by Gasteiger charge is 2.20. The third-order valence-electron chi connectivity index (χ3n) is 4.07. The molecule has 1 atom stereocenters. The van der Waals surface area contributed by atoms with Crippen molar-refractivity contribution in [3.63, 3.8) is 0 Å². The van der Waals surface area contributed by atoms with Gasteiger partial charge in [0, 0.05) is 52.4 Å². The lowest BCUT2D eigenvalue weighted by molar-refractivity contribution is 0.0264. The second kappa shape index (κ2) is 15.1. The molecule has 0 aromatic carbocycles. The summed E-state index contributed by atoms with van der Waals surface area (Å²) in [5.41, 5.74) is -0.484. The zero-order valence-corrected chi connectivity index (χ0v) is 20.4. The van der Waals surface area contributed by atoms with Crippen LogP contribution in [0.2, 0.25) is 0 Å². The van der Waals surface area contributed by atoms with Crippen LogP contribution in [0.3, 0.4) is 0 Å². The van der Waals surface area contributed by atoms with Crippen molar-refractivity contribution in [1.82, 2.24) is 15.5 Å².